The average Bonchev–Trinajstić information content (AvgIpc) is 3.38. The predicted octanol–water partition coefficient (Wildman–Crippen LogP) is 3.26. The van der Waals surface area contributed by atoms with Crippen LogP contribution in [0.25, 0.3) is 0 Å². The zero-order valence-corrected chi connectivity index (χ0v) is 14.9. The number of rotatable bonds is 6. The number of aliphatic carboxylic acids is 1. The van der Waals surface area contributed by atoms with Crippen molar-refractivity contribution in [3.8, 4) is 0 Å². The second-order valence-corrected chi connectivity index (χ2v) is 9.22. The highest BCUT2D eigenvalue weighted by molar-refractivity contribution is 7.92. The molecule has 1 aliphatic carbocycles. The van der Waals surface area contributed by atoms with E-state index in [9.17, 15) is 18.3 Å². The maximum Gasteiger partial charge on any atom is 0.310 e. The smallest absolute Gasteiger partial charge is 0.310 e. The molecule has 2 fully saturated rings. The Kier molecular flexibility index (Phi) is 5.18. The molecule has 0 amide bonds. The van der Waals surface area contributed by atoms with E-state index in [0.29, 0.717) is 44.0 Å². The molecule has 24 heavy (non-hydrogen) atoms. The first-order valence-electron chi connectivity index (χ1n) is 8.23. The van der Waals surface area contributed by atoms with E-state index in [0.717, 1.165) is 12.8 Å². The van der Waals surface area contributed by atoms with E-state index in [1.165, 1.54) is 12.1 Å². The quantitative estimate of drug-likeness (QED) is 0.828. The molecule has 1 aromatic carbocycles. The number of hydrogen-bond acceptors (Lipinski definition) is 4. The molecule has 2 aliphatic rings. The average molecular weight is 373 g/mol. The van der Waals surface area contributed by atoms with E-state index in [-0.39, 0.29) is 15.2 Å². The fourth-order valence-electron chi connectivity index (χ4n) is 3.22. The Morgan fingerprint density at radius 3 is 2.46 bits per heavy atom. The number of ether oxygens (including phenoxy) is 1. The van der Waals surface area contributed by atoms with Gasteiger partial charge in [0, 0.05) is 13.2 Å². The van der Waals surface area contributed by atoms with E-state index in [4.69, 9.17) is 16.3 Å². The summed E-state index contributed by atoms with van der Waals surface area (Å²) in [5, 5.41) is 9.37. The van der Waals surface area contributed by atoms with Crippen LogP contribution in [0, 0.1) is 5.92 Å². The van der Waals surface area contributed by atoms with E-state index < -0.39 is 21.7 Å². The van der Waals surface area contributed by atoms with E-state index >= 15 is 0 Å². The van der Waals surface area contributed by atoms with Crippen LogP contribution < -0.4 is 0 Å². The van der Waals surface area contributed by atoms with Crippen molar-refractivity contribution in [2.75, 3.05) is 13.2 Å². The van der Waals surface area contributed by atoms with Crippen LogP contribution in [-0.2, 0) is 19.4 Å². The number of carboxylic acid groups (broad SMARTS) is 1. The highest BCUT2D eigenvalue weighted by atomic mass is 35.5. The molecule has 1 heterocycles. The molecule has 0 radical (unpaired) electrons. The van der Waals surface area contributed by atoms with Crippen molar-refractivity contribution in [2.45, 2.75) is 48.2 Å². The summed E-state index contributed by atoms with van der Waals surface area (Å²) in [6.45, 7) is 1.33. The summed E-state index contributed by atoms with van der Waals surface area (Å²) in [4.78, 5) is 11.8. The molecular formula is C17H21ClO5S. The van der Waals surface area contributed by atoms with Crippen molar-refractivity contribution in [1.82, 2.24) is 0 Å². The van der Waals surface area contributed by atoms with Gasteiger partial charge in [-0.05, 0) is 55.7 Å². The van der Waals surface area contributed by atoms with Crippen molar-refractivity contribution < 1.29 is 23.1 Å². The minimum atomic E-state index is -3.38. The first-order chi connectivity index (χ1) is 11.4. The molecule has 7 heteroatoms. The first-order valence-corrected chi connectivity index (χ1v) is 10.2. The fourth-order valence-corrected chi connectivity index (χ4v) is 5.43. The summed E-state index contributed by atoms with van der Waals surface area (Å²) in [6.07, 6.45) is 3.56. The molecule has 1 aliphatic heterocycles. The van der Waals surface area contributed by atoms with E-state index in [1.807, 2.05) is 0 Å². The SMILES string of the molecule is O=C(O)[C@H](CC1CCOCC1)c1ccc(S(=O)(=O)C2CC2)c(Cl)c1. The molecule has 132 valence electrons. The molecule has 1 saturated carbocycles. The molecular weight excluding hydrogens is 352 g/mol. The molecule has 1 saturated heterocycles. The predicted molar refractivity (Wildman–Crippen MR) is 90.2 cm³/mol. The second-order valence-electron chi connectivity index (χ2n) is 6.62. The third-order valence-electron chi connectivity index (χ3n) is 4.84. The Bertz CT molecular complexity index is 720. The summed E-state index contributed by atoms with van der Waals surface area (Å²) < 4.78 is 30.0. The lowest BCUT2D eigenvalue weighted by Gasteiger charge is -2.25. The first kappa shape index (κ1) is 17.7. The van der Waals surface area contributed by atoms with Gasteiger partial charge in [-0.25, -0.2) is 8.42 Å². The monoisotopic (exact) mass is 372 g/mol. The summed E-state index contributed by atoms with van der Waals surface area (Å²) in [6, 6.07) is 4.57. The standard InChI is InChI=1S/C17H21ClO5S/c18-15-10-12(1-4-16(15)24(21,22)13-2-3-13)14(17(19)20)9-11-5-7-23-8-6-11/h1,4,10-11,13-14H,2-3,5-9H2,(H,19,20)/t14-/m1/s1. The second kappa shape index (κ2) is 7.02. The number of carbonyl (C=O) groups is 1. The summed E-state index contributed by atoms with van der Waals surface area (Å²) >= 11 is 6.19. The van der Waals surface area contributed by atoms with Gasteiger partial charge in [-0.3, -0.25) is 4.79 Å². The summed E-state index contributed by atoms with van der Waals surface area (Å²) in [5.41, 5.74) is 0.564. The lowest BCUT2D eigenvalue weighted by molar-refractivity contribution is -0.139. The van der Waals surface area contributed by atoms with Gasteiger partial charge in [-0.2, -0.15) is 0 Å². The molecule has 0 aromatic heterocycles. The van der Waals surface area contributed by atoms with Gasteiger partial charge in [-0.1, -0.05) is 17.7 Å². The van der Waals surface area contributed by atoms with E-state index in [2.05, 4.69) is 0 Å². The Balaban J connectivity index is 1.83. The van der Waals surface area contributed by atoms with Gasteiger partial charge in [0.15, 0.2) is 9.84 Å². The number of carboxylic acids is 1. The maximum atomic E-state index is 12.3. The lowest BCUT2D eigenvalue weighted by atomic mass is 9.85. The van der Waals surface area contributed by atoms with Crippen molar-refractivity contribution in [3.05, 3.63) is 28.8 Å². The Hall–Kier alpha value is -1.11. The van der Waals surface area contributed by atoms with E-state index in [1.54, 1.807) is 6.07 Å². The third kappa shape index (κ3) is 3.76. The summed E-state index contributed by atoms with van der Waals surface area (Å²) in [7, 11) is -3.38. The van der Waals surface area contributed by atoms with Crippen LogP contribution in [0.4, 0.5) is 0 Å². The zero-order chi connectivity index (χ0) is 17.3. The normalized spacial score (nSPS) is 20.7. The van der Waals surface area contributed by atoms with Crippen LogP contribution >= 0.6 is 11.6 Å². The highest BCUT2D eigenvalue weighted by Crippen LogP contribution is 2.38. The van der Waals surface area contributed by atoms with Crippen molar-refractivity contribution in [1.29, 1.82) is 0 Å². The molecule has 5 nitrogen and oxygen atoms in total. The maximum absolute atomic E-state index is 12.3. The largest absolute Gasteiger partial charge is 0.481 e. The highest BCUT2D eigenvalue weighted by Gasteiger charge is 2.38. The number of hydrogen-bond donors (Lipinski definition) is 1. The van der Waals surface area contributed by atoms with Gasteiger partial charge in [0.2, 0.25) is 0 Å². The Labute approximate surface area is 146 Å². The molecule has 0 spiro atoms. The zero-order valence-electron chi connectivity index (χ0n) is 13.3. The van der Waals surface area contributed by atoms with Crippen LogP contribution in [0.2, 0.25) is 5.02 Å². The molecule has 0 unspecified atom stereocenters. The van der Waals surface area contributed by atoms with Crippen molar-refractivity contribution >= 4 is 27.4 Å². The van der Waals surface area contributed by atoms with Gasteiger partial charge < -0.3 is 9.84 Å². The van der Waals surface area contributed by atoms with Gasteiger partial charge in [-0.15, -0.1) is 0 Å². The number of halogens is 1. The topological polar surface area (TPSA) is 80.7 Å². The van der Waals surface area contributed by atoms with Crippen LogP contribution in [0.1, 0.15) is 43.6 Å². The fraction of sp³-hybridized carbons (Fsp3) is 0.588. The van der Waals surface area contributed by atoms with Crippen molar-refractivity contribution in [2.24, 2.45) is 5.92 Å². The number of benzene rings is 1. The third-order valence-corrected chi connectivity index (χ3v) is 7.58. The van der Waals surface area contributed by atoms with Gasteiger partial charge in [0.05, 0.1) is 21.1 Å². The molecule has 1 aromatic rings. The van der Waals surface area contributed by atoms with Crippen LogP contribution in [-0.4, -0.2) is 38.0 Å². The van der Waals surface area contributed by atoms with Crippen LogP contribution in [0.5, 0.6) is 0 Å². The summed E-state index contributed by atoms with van der Waals surface area (Å²) in [5.74, 6) is -1.29. The molecule has 0 bridgehead atoms. The van der Waals surface area contributed by atoms with Gasteiger partial charge in [0.1, 0.15) is 0 Å². The van der Waals surface area contributed by atoms with Crippen LogP contribution in [0.3, 0.4) is 0 Å². The lowest BCUT2D eigenvalue weighted by Crippen LogP contribution is -2.21. The number of sulfone groups is 1. The van der Waals surface area contributed by atoms with Crippen LogP contribution in [0.15, 0.2) is 23.1 Å². The molecule has 1 N–H and O–H groups in total. The van der Waals surface area contributed by atoms with Crippen molar-refractivity contribution in [3.63, 3.8) is 0 Å². The van der Waals surface area contributed by atoms with Gasteiger partial charge in [0.25, 0.3) is 0 Å². The minimum absolute atomic E-state index is 0.116. The molecule has 1 atom stereocenters. The van der Waals surface area contributed by atoms with Gasteiger partial charge >= 0.3 is 5.97 Å². The Morgan fingerprint density at radius 1 is 1.25 bits per heavy atom. The molecule has 3 rings (SSSR count). The minimum Gasteiger partial charge on any atom is -0.481 e. The Morgan fingerprint density at radius 2 is 1.92 bits per heavy atom.